The molecule has 0 saturated carbocycles. The van der Waals surface area contributed by atoms with Crippen LogP contribution < -0.4 is 0 Å². The van der Waals surface area contributed by atoms with Crippen molar-refractivity contribution in [2.45, 2.75) is 5.41 Å². The first-order valence-electron chi connectivity index (χ1n) is 25.5. The van der Waals surface area contributed by atoms with Crippen molar-refractivity contribution in [3.8, 4) is 73.2 Å². The van der Waals surface area contributed by atoms with Gasteiger partial charge in [-0.15, -0.1) is 0 Å². The molecule has 0 amide bonds. The van der Waals surface area contributed by atoms with Crippen LogP contribution in [0.5, 0.6) is 0 Å². The van der Waals surface area contributed by atoms with Gasteiger partial charge in [-0.1, -0.05) is 206 Å². The van der Waals surface area contributed by atoms with E-state index in [9.17, 15) is 0 Å². The van der Waals surface area contributed by atoms with Crippen molar-refractivity contribution >= 4 is 43.7 Å². The first-order chi connectivity index (χ1) is 37.2. The maximum atomic E-state index is 6.60. The zero-order chi connectivity index (χ0) is 49.5. The molecule has 0 radical (unpaired) electrons. The predicted molar refractivity (Wildman–Crippen MR) is 306 cm³/mol. The van der Waals surface area contributed by atoms with E-state index >= 15 is 0 Å². The average molecular weight is 957 g/mol. The number of benzene rings is 11. The predicted octanol–water partition coefficient (Wildman–Crippen LogP) is 17.6. The van der Waals surface area contributed by atoms with Crippen LogP contribution in [-0.4, -0.2) is 19.5 Å². The molecule has 1 aliphatic carbocycles. The number of para-hydroxylation sites is 1. The summed E-state index contributed by atoms with van der Waals surface area (Å²) in [6, 6.07) is 95.6. The highest BCUT2D eigenvalue weighted by Gasteiger charge is 2.46. The third kappa shape index (κ3) is 6.75. The molecule has 0 bridgehead atoms. The molecule has 0 atom stereocenters. The van der Waals surface area contributed by atoms with Crippen molar-refractivity contribution in [2.24, 2.45) is 0 Å². The van der Waals surface area contributed by atoms with E-state index in [1.165, 1.54) is 55.3 Å². The molecule has 0 saturated heterocycles. The molecular formula is C70H44N4O. The van der Waals surface area contributed by atoms with Crippen LogP contribution in [-0.2, 0) is 5.41 Å². The highest BCUT2D eigenvalue weighted by atomic mass is 16.3. The third-order valence-electron chi connectivity index (χ3n) is 15.3. The zero-order valence-corrected chi connectivity index (χ0v) is 40.6. The zero-order valence-electron chi connectivity index (χ0n) is 40.6. The summed E-state index contributed by atoms with van der Waals surface area (Å²) in [5.41, 5.74) is 19.5. The first-order valence-corrected chi connectivity index (χ1v) is 25.5. The third-order valence-corrected chi connectivity index (χ3v) is 15.3. The number of rotatable bonds is 8. The molecule has 350 valence electrons. The van der Waals surface area contributed by atoms with Crippen molar-refractivity contribution in [3.63, 3.8) is 0 Å². The van der Waals surface area contributed by atoms with E-state index < -0.39 is 5.41 Å². The Morgan fingerprint density at radius 3 is 1.39 bits per heavy atom. The number of nitrogens with zero attached hydrogens (tertiary/aromatic N) is 4. The summed E-state index contributed by atoms with van der Waals surface area (Å²) in [4.78, 5) is 15.2. The number of aromatic nitrogens is 4. The van der Waals surface area contributed by atoms with Gasteiger partial charge in [0.1, 0.15) is 11.2 Å². The largest absolute Gasteiger partial charge is 0.456 e. The Balaban J connectivity index is 0.889. The summed E-state index contributed by atoms with van der Waals surface area (Å²) in [5.74, 6) is 1.82. The van der Waals surface area contributed by atoms with Gasteiger partial charge in [-0.05, 0) is 116 Å². The van der Waals surface area contributed by atoms with Crippen molar-refractivity contribution < 1.29 is 4.42 Å². The fourth-order valence-electron chi connectivity index (χ4n) is 12.0. The Kier molecular flexibility index (Phi) is 9.72. The Hall–Kier alpha value is -9.97. The summed E-state index contributed by atoms with van der Waals surface area (Å²) in [6.07, 6.45) is 0. The topological polar surface area (TPSA) is 56.7 Å². The summed E-state index contributed by atoms with van der Waals surface area (Å²) in [6.45, 7) is 0. The molecule has 3 heterocycles. The van der Waals surface area contributed by atoms with Gasteiger partial charge in [-0.25, -0.2) is 15.0 Å². The van der Waals surface area contributed by atoms with E-state index in [0.29, 0.717) is 17.5 Å². The molecule has 14 aromatic rings. The maximum absolute atomic E-state index is 6.60. The second kappa shape index (κ2) is 17.1. The van der Waals surface area contributed by atoms with E-state index in [-0.39, 0.29) is 0 Å². The number of hydrogen-bond donors (Lipinski definition) is 0. The monoisotopic (exact) mass is 956 g/mol. The molecule has 0 unspecified atom stereocenters. The molecule has 0 aliphatic heterocycles. The second-order valence-electron chi connectivity index (χ2n) is 19.5. The van der Waals surface area contributed by atoms with Gasteiger partial charge in [0.2, 0.25) is 0 Å². The maximum Gasteiger partial charge on any atom is 0.164 e. The fraction of sp³-hybridized carbons (Fsp3) is 0.0143. The van der Waals surface area contributed by atoms with E-state index in [0.717, 1.165) is 66.5 Å². The van der Waals surface area contributed by atoms with Gasteiger partial charge in [0.25, 0.3) is 0 Å². The Labute approximate surface area is 433 Å². The van der Waals surface area contributed by atoms with Crippen molar-refractivity contribution in [1.82, 2.24) is 19.5 Å². The molecule has 0 spiro atoms. The van der Waals surface area contributed by atoms with Gasteiger partial charge < -0.3 is 8.98 Å². The van der Waals surface area contributed by atoms with Crippen LogP contribution >= 0.6 is 0 Å². The van der Waals surface area contributed by atoms with Gasteiger partial charge in [-0.2, -0.15) is 0 Å². The van der Waals surface area contributed by atoms with Gasteiger partial charge in [0, 0.05) is 43.9 Å². The van der Waals surface area contributed by atoms with Gasteiger partial charge in [0.05, 0.1) is 16.4 Å². The van der Waals surface area contributed by atoms with Crippen LogP contribution in [0.15, 0.2) is 271 Å². The summed E-state index contributed by atoms with van der Waals surface area (Å²) < 4.78 is 8.99. The lowest BCUT2D eigenvalue weighted by atomic mass is 9.67. The summed E-state index contributed by atoms with van der Waals surface area (Å²) in [5, 5.41) is 4.33. The van der Waals surface area contributed by atoms with Crippen LogP contribution in [0.3, 0.4) is 0 Å². The standard InChI is InChI=1S/C70H44N4O/c1-6-19-45(20-7-1)67-71-68(46-21-8-2-9-22-46)73-69(72-67)55-30-18-32-65-66(55)59-44-50(36-40-64(59)75-65)49-35-39-63-58(43-49)57-42-48(34-38-62(57)74(63)53-27-14-5-15-28-53)47-33-37-61-56(41-47)54-29-16-17-31-60(54)70(61,51-23-10-3-11-24-51)52-25-12-4-13-26-52/h1-44H. The van der Waals surface area contributed by atoms with Crippen LogP contribution in [0.2, 0.25) is 0 Å². The molecular weight excluding hydrogens is 913 g/mol. The van der Waals surface area contributed by atoms with E-state index in [1.807, 2.05) is 72.8 Å². The van der Waals surface area contributed by atoms with Crippen LogP contribution in [0, 0.1) is 0 Å². The SMILES string of the molecule is c1ccc(-c2nc(-c3ccccc3)nc(-c3cccc4oc5ccc(-c6ccc7c(c6)c6cc(-c8ccc9c(c8)-c8ccccc8C9(c8ccccc8)c8ccccc8)ccc6n7-c6ccccc6)cc5c34)n2)cc1. The Bertz CT molecular complexity index is 4410. The van der Waals surface area contributed by atoms with Crippen LogP contribution in [0.1, 0.15) is 22.3 Å². The fourth-order valence-corrected chi connectivity index (χ4v) is 12.0. The van der Waals surface area contributed by atoms with E-state index in [2.05, 4.69) is 199 Å². The highest BCUT2D eigenvalue weighted by Crippen LogP contribution is 2.57. The molecule has 0 fully saturated rings. The van der Waals surface area contributed by atoms with Gasteiger partial charge in [0.15, 0.2) is 17.5 Å². The van der Waals surface area contributed by atoms with Crippen molar-refractivity contribution in [3.05, 3.63) is 289 Å². The molecule has 15 rings (SSSR count). The molecule has 0 N–H and O–H groups in total. The van der Waals surface area contributed by atoms with Gasteiger partial charge in [-0.3, -0.25) is 0 Å². The minimum atomic E-state index is -0.450. The summed E-state index contributed by atoms with van der Waals surface area (Å²) >= 11 is 0. The molecule has 75 heavy (non-hydrogen) atoms. The van der Waals surface area contributed by atoms with Crippen molar-refractivity contribution in [2.75, 3.05) is 0 Å². The summed E-state index contributed by atoms with van der Waals surface area (Å²) in [7, 11) is 0. The molecule has 5 heteroatoms. The lowest BCUT2D eigenvalue weighted by molar-refractivity contribution is 0.669. The molecule has 5 nitrogen and oxygen atoms in total. The lowest BCUT2D eigenvalue weighted by Crippen LogP contribution is -2.28. The quantitative estimate of drug-likeness (QED) is 0.152. The minimum Gasteiger partial charge on any atom is -0.456 e. The first kappa shape index (κ1) is 42.7. The lowest BCUT2D eigenvalue weighted by Gasteiger charge is -2.33. The molecule has 1 aliphatic rings. The minimum absolute atomic E-state index is 0.450. The number of hydrogen-bond acceptors (Lipinski definition) is 4. The van der Waals surface area contributed by atoms with Crippen LogP contribution in [0.25, 0.3) is 117 Å². The normalized spacial score (nSPS) is 12.6. The highest BCUT2D eigenvalue weighted by molar-refractivity contribution is 6.14. The smallest absolute Gasteiger partial charge is 0.164 e. The Morgan fingerprint density at radius 1 is 0.307 bits per heavy atom. The average Bonchev–Trinajstić information content (AvgIpc) is 4.14. The number of furan rings is 1. The number of fused-ring (bicyclic) bond motifs is 9. The van der Waals surface area contributed by atoms with Crippen molar-refractivity contribution in [1.29, 1.82) is 0 Å². The van der Waals surface area contributed by atoms with E-state index in [4.69, 9.17) is 19.4 Å². The van der Waals surface area contributed by atoms with E-state index in [1.54, 1.807) is 0 Å². The van der Waals surface area contributed by atoms with Gasteiger partial charge >= 0.3 is 0 Å². The second-order valence-corrected chi connectivity index (χ2v) is 19.5. The Morgan fingerprint density at radius 2 is 0.773 bits per heavy atom. The molecule has 3 aromatic heterocycles. The van der Waals surface area contributed by atoms with Crippen LogP contribution in [0.4, 0.5) is 0 Å². The molecule has 11 aromatic carbocycles.